The number of nitrogens with zero attached hydrogens (tertiary/aromatic N) is 2. The van der Waals surface area contributed by atoms with E-state index in [2.05, 4.69) is 4.79 Å². The molecule has 1 aliphatic rings. The Balaban J connectivity index is 2.17. The van der Waals surface area contributed by atoms with Crippen LogP contribution in [0.3, 0.4) is 0 Å². The molecule has 0 saturated heterocycles. The first-order valence-electron chi connectivity index (χ1n) is 5.72. The van der Waals surface area contributed by atoms with Crippen LogP contribution in [0, 0.1) is 0 Å². The average Bonchev–Trinajstić information content (AvgIpc) is 2.40. The number of carbonyl (C=O) groups excluding carboxylic acids is 1. The van der Waals surface area contributed by atoms with Crippen LogP contribution in [0.15, 0.2) is 42.5 Å². The standard InChI is InChI=1S/C15H10N2O/c16-17-9-10-5-6-12-8-11-3-1-2-4-13(11)15(18)14(12)7-10/h1-7,9H,8H2. The monoisotopic (exact) mass is 234 g/mol. The zero-order valence-corrected chi connectivity index (χ0v) is 9.63. The Morgan fingerprint density at radius 1 is 1.06 bits per heavy atom. The van der Waals surface area contributed by atoms with Gasteiger partial charge in [0.15, 0.2) is 5.78 Å². The number of benzene rings is 2. The first-order valence-corrected chi connectivity index (χ1v) is 5.72. The molecule has 0 spiro atoms. The lowest BCUT2D eigenvalue weighted by molar-refractivity contribution is 0.00456. The van der Waals surface area contributed by atoms with Gasteiger partial charge in [0.05, 0.1) is 5.56 Å². The zero-order valence-electron chi connectivity index (χ0n) is 9.63. The highest BCUT2D eigenvalue weighted by Gasteiger charge is 2.22. The highest BCUT2D eigenvalue weighted by Crippen LogP contribution is 2.27. The Bertz CT molecular complexity index is 697. The Morgan fingerprint density at radius 2 is 1.83 bits per heavy atom. The summed E-state index contributed by atoms with van der Waals surface area (Å²) in [6.45, 7) is 0. The molecule has 18 heavy (non-hydrogen) atoms. The number of carbonyl (C=O) groups is 1. The van der Waals surface area contributed by atoms with Crippen LogP contribution in [-0.4, -0.2) is 16.8 Å². The Morgan fingerprint density at radius 3 is 2.67 bits per heavy atom. The maximum atomic E-state index is 12.4. The van der Waals surface area contributed by atoms with E-state index in [0.29, 0.717) is 5.56 Å². The summed E-state index contributed by atoms with van der Waals surface area (Å²) in [6, 6.07) is 13.2. The predicted molar refractivity (Wildman–Crippen MR) is 67.9 cm³/mol. The molecule has 0 aliphatic heterocycles. The SMILES string of the molecule is [N-]=[N+]=Cc1ccc2c(c1)C(=O)c1ccccc1C2. The van der Waals surface area contributed by atoms with E-state index in [9.17, 15) is 4.79 Å². The molecule has 0 heterocycles. The molecule has 86 valence electrons. The second-order valence-electron chi connectivity index (χ2n) is 4.32. The number of fused-ring (bicyclic) bond motifs is 2. The molecule has 2 aromatic rings. The van der Waals surface area contributed by atoms with E-state index in [1.54, 1.807) is 6.07 Å². The van der Waals surface area contributed by atoms with Gasteiger partial charge in [0.2, 0.25) is 0 Å². The minimum absolute atomic E-state index is 0.0417. The van der Waals surface area contributed by atoms with Crippen LogP contribution >= 0.6 is 0 Å². The summed E-state index contributed by atoms with van der Waals surface area (Å²) in [6.07, 6.45) is 2.10. The van der Waals surface area contributed by atoms with Crippen molar-refractivity contribution in [2.75, 3.05) is 0 Å². The maximum Gasteiger partial charge on any atom is 0.287 e. The molecule has 0 N–H and O–H groups in total. The average molecular weight is 234 g/mol. The van der Waals surface area contributed by atoms with E-state index in [1.165, 1.54) is 6.21 Å². The van der Waals surface area contributed by atoms with Gasteiger partial charge in [0.1, 0.15) is 0 Å². The molecule has 3 rings (SSSR count). The van der Waals surface area contributed by atoms with E-state index >= 15 is 0 Å². The van der Waals surface area contributed by atoms with E-state index in [4.69, 9.17) is 5.53 Å². The summed E-state index contributed by atoms with van der Waals surface area (Å²) in [7, 11) is 0. The predicted octanol–water partition coefficient (Wildman–Crippen LogP) is 2.47. The van der Waals surface area contributed by atoms with Gasteiger partial charge in [-0.1, -0.05) is 30.3 Å². The van der Waals surface area contributed by atoms with Crippen molar-refractivity contribution in [1.82, 2.24) is 0 Å². The minimum atomic E-state index is 0.0417. The van der Waals surface area contributed by atoms with Crippen LogP contribution in [-0.2, 0) is 6.42 Å². The van der Waals surface area contributed by atoms with Gasteiger partial charge in [-0.05, 0) is 29.7 Å². The van der Waals surface area contributed by atoms with E-state index in [1.807, 2.05) is 36.4 Å². The van der Waals surface area contributed by atoms with Crippen molar-refractivity contribution in [2.24, 2.45) is 0 Å². The fraction of sp³-hybridized carbons (Fsp3) is 0.0667. The van der Waals surface area contributed by atoms with E-state index < -0.39 is 0 Å². The highest BCUT2D eigenvalue weighted by atomic mass is 16.1. The van der Waals surface area contributed by atoms with Gasteiger partial charge in [-0.2, -0.15) is 4.79 Å². The molecule has 0 atom stereocenters. The van der Waals surface area contributed by atoms with Crippen LogP contribution in [0.5, 0.6) is 0 Å². The van der Waals surface area contributed by atoms with Gasteiger partial charge in [-0.3, -0.25) is 4.79 Å². The lowest BCUT2D eigenvalue weighted by Gasteiger charge is -2.18. The second kappa shape index (κ2) is 4.06. The maximum absolute atomic E-state index is 12.4. The number of hydrogen-bond donors (Lipinski definition) is 0. The molecule has 0 aromatic heterocycles. The van der Waals surface area contributed by atoms with E-state index in [0.717, 1.165) is 28.7 Å². The quantitative estimate of drug-likeness (QED) is 0.362. The first-order chi connectivity index (χ1) is 8.79. The number of ketones is 1. The third-order valence-electron chi connectivity index (χ3n) is 3.23. The van der Waals surface area contributed by atoms with Crippen LogP contribution in [0.2, 0.25) is 0 Å². The third-order valence-corrected chi connectivity index (χ3v) is 3.23. The molecule has 1 aliphatic carbocycles. The number of hydrogen-bond acceptors (Lipinski definition) is 1. The lowest BCUT2D eigenvalue weighted by Crippen LogP contribution is -2.15. The third kappa shape index (κ3) is 1.58. The molecule has 3 heteroatoms. The van der Waals surface area contributed by atoms with Crippen molar-refractivity contribution >= 4 is 12.0 Å². The fourth-order valence-electron chi connectivity index (χ4n) is 2.35. The van der Waals surface area contributed by atoms with Crippen molar-refractivity contribution in [3.05, 3.63) is 75.8 Å². The van der Waals surface area contributed by atoms with Crippen molar-refractivity contribution in [3.63, 3.8) is 0 Å². The molecular formula is C15H10N2O. The smallest absolute Gasteiger partial charge is 0.287 e. The topological polar surface area (TPSA) is 53.5 Å². The van der Waals surface area contributed by atoms with Crippen LogP contribution in [0.25, 0.3) is 5.53 Å². The van der Waals surface area contributed by atoms with Gasteiger partial charge in [0.25, 0.3) is 6.21 Å². The van der Waals surface area contributed by atoms with Crippen molar-refractivity contribution in [3.8, 4) is 0 Å². The molecule has 0 unspecified atom stereocenters. The highest BCUT2D eigenvalue weighted by molar-refractivity contribution is 6.12. The van der Waals surface area contributed by atoms with Gasteiger partial charge in [0, 0.05) is 11.1 Å². The van der Waals surface area contributed by atoms with Crippen molar-refractivity contribution < 1.29 is 9.58 Å². The molecule has 0 bridgehead atoms. The van der Waals surface area contributed by atoms with Crippen LogP contribution < -0.4 is 0 Å². The second-order valence-corrected chi connectivity index (χ2v) is 4.32. The van der Waals surface area contributed by atoms with Crippen LogP contribution in [0.1, 0.15) is 32.6 Å². The largest absolute Gasteiger partial charge is 0.361 e. The van der Waals surface area contributed by atoms with Crippen molar-refractivity contribution in [1.29, 1.82) is 0 Å². The molecule has 2 aromatic carbocycles. The van der Waals surface area contributed by atoms with Gasteiger partial charge < -0.3 is 5.53 Å². The fourth-order valence-corrected chi connectivity index (χ4v) is 2.35. The molecule has 0 saturated carbocycles. The summed E-state index contributed by atoms with van der Waals surface area (Å²) in [5.74, 6) is 0.0417. The molecule has 0 radical (unpaired) electrons. The minimum Gasteiger partial charge on any atom is -0.361 e. The lowest BCUT2D eigenvalue weighted by atomic mass is 9.84. The molecule has 0 amide bonds. The van der Waals surface area contributed by atoms with Crippen LogP contribution in [0.4, 0.5) is 0 Å². The first kappa shape index (κ1) is 10.6. The summed E-state index contributed by atoms with van der Waals surface area (Å²) in [5.41, 5.74) is 12.8. The van der Waals surface area contributed by atoms with Gasteiger partial charge in [-0.25, -0.2) is 0 Å². The number of rotatable bonds is 1. The Hall–Kier alpha value is -2.51. The van der Waals surface area contributed by atoms with Crippen molar-refractivity contribution in [2.45, 2.75) is 6.42 Å². The van der Waals surface area contributed by atoms with Gasteiger partial charge >= 0.3 is 0 Å². The Labute approximate surface area is 104 Å². The molecule has 0 fully saturated rings. The normalized spacial score (nSPS) is 12.3. The molecule has 3 nitrogen and oxygen atoms in total. The molecular weight excluding hydrogens is 224 g/mol. The van der Waals surface area contributed by atoms with Gasteiger partial charge in [-0.15, -0.1) is 0 Å². The summed E-state index contributed by atoms with van der Waals surface area (Å²) < 4.78 is 0. The Kier molecular flexibility index (Phi) is 2.40. The summed E-state index contributed by atoms with van der Waals surface area (Å²) in [4.78, 5) is 15.3. The summed E-state index contributed by atoms with van der Waals surface area (Å²) >= 11 is 0. The van der Waals surface area contributed by atoms with E-state index in [-0.39, 0.29) is 5.78 Å². The zero-order chi connectivity index (χ0) is 12.5. The summed E-state index contributed by atoms with van der Waals surface area (Å²) in [5, 5.41) is 0.